The lowest BCUT2D eigenvalue weighted by Crippen LogP contribution is -2.52. The van der Waals surface area contributed by atoms with Crippen LogP contribution in [0, 0.1) is 24.2 Å². The Labute approximate surface area is 378 Å². The Hall–Kier alpha value is -6.07. The summed E-state index contributed by atoms with van der Waals surface area (Å²) < 4.78 is 19.1. The van der Waals surface area contributed by atoms with Gasteiger partial charge in [-0.05, 0) is 11.8 Å². The molecule has 0 saturated carbocycles. The lowest BCUT2D eigenvalue weighted by atomic mass is 10.0. The second-order valence-electron chi connectivity index (χ2n) is 16.5. The number of hydrogen-bond acceptors (Lipinski definition) is 19. The predicted molar refractivity (Wildman–Crippen MR) is 236 cm³/mol. The van der Waals surface area contributed by atoms with Crippen molar-refractivity contribution in [2.45, 2.75) is 64.7 Å². The lowest BCUT2D eigenvalue weighted by molar-refractivity contribution is -0.138. The van der Waals surface area contributed by atoms with Gasteiger partial charge in [-0.1, -0.05) is 44.0 Å². The Balaban J connectivity index is 1.26. The number of primary amides is 2. The van der Waals surface area contributed by atoms with E-state index in [4.69, 9.17) is 58.5 Å². The molecule has 0 aliphatic carbocycles. The molecule has 356 valence electrons. The number of carbonyl (C=O) groups excluding carboxylic acids is 4. The fourth-order valence-electron chi connectivity index (χ4n) is 7.04. The van der Waals surface area contributed by atoms with Crippen LogP contribution in [0.2, 0.25) is 0 Å². The van der Waals surface area contributed by atoms with Crippen molar-refractivity contribution in [1.82, 2.24) is 54.7 Å². The van der Waals surface area contributed by atoms with E-state index in [9.17, 15) is 19.2 Å². The van der Waals surface area contributed by atoms with Crippen LogP contribution in [0.5, 0.6) is 0 Å². The minimum absolute atomic E-state index is 0.0797. The zero-order valence-electron chi connectivity index (χ0n) is 37.7. The molecule has 0 spiro atoms. The zero-order chi connectivity index (χ0) is 47.0. The van der Waals surface area contributed by atoms with Crippen LogP contribution in [0.15, 0.2) is 12.4 Å². The van der Waals surface area contributed by atoms with Gasteiger partial charge in [0.05, 0.1) is 81.7 Å². The first-order valence-corrected chi connectivity index (χ1v) is 21.8. The molecule has 25 nitrogen and oxygen atoms in total. The third-order valence-electron chi connectivity index (χ3n) is 11.0. The van der Waals surface area contributed by atoms with Gasteiger partial charge in [-0.3, -0.25) is 19.2 Å². The van der Waals surface area contributed by atoms with Gasteiger partial charge in [0.15, 0.2) is 0 Å². The molecule has 4 amide bonds. The molecule has 3 aromatic rings. The normalized spacial score (nSPS) is 16.4. The van der Waals surface area contributed by atoms with Gasteiger partial charge in [0.1, 0.15) is 18.7 Å². The fourth-order valence-corrected chi connectivity index (χ4v) is 7.04. The van der Waals surface area contributed by atoms with Crippen molar-refractivity contribution in [2.24, 2.45) is 34.8 Å². The fraction of sp³-hybridized carbons (Fsp3) is 0.675. The molecule has 65 heavy (non-hydrogen) atoms. The van der Waals surface area contributed by atoms with Gasteiger partial charge in [0.2, 0.25) is 41.5 Å². The van der Waals surface area contributed by atoms with Crippen LogP contribution < -0.4 is 38.1 Å². The number of nitrogens with zero attached hydrogens (tertiary/aromatic N) is 13. The molecule has 0 unspecified atom stereocenters. The van der Waals surface area contributed by atoms with E-state index in [1.165, 1.54) is 9.36 Å². The average Bonchev–Trinajstić information content (AvgIpc) is 3.99. The number of piperazine rings is 2. The van der Waals surface area contributed by atoms with Gasteiger partial charge in [-0.15, -0.1) is 16.6 Å². The molecule has 2 fully saturated rings. The van der Waals surface area contributed by atoms with Crippen molar-refractivity contribution in [3.63, 3.8) is 0 Å². The van der Waals surface area contributed by atoms with Crippen molar-refractivity contribution >= 4 is 41.5 Å². The van der Waals surface area contributed by atoms with Crippen molar-refractivity contribution in [3.05, 3.63) is 23.8 Å². The highest BCUT2D eigenvalue weighted by Gasteiger charge is 2.35. The molecule has 0 aromatic carbocycles. The van der Waals surface area contributed by atoms with Gasteiger partial charge in [0.25, 0.3) is 0 Å². The monoisotopic (exact) mass is 909 g/mol. The molecule has 2 saturated heterocycles. The average molecular weight is 909 g/mol. The summed E-state index contributed by atoms with van der Waals surface area (Å²) in [5.41, 5.74) is 24.7. The molecule has 5 heterocycles. The van der Waals surface area contributed by atoms with Crippen LogP contribution in [0.25, 0.3) is 0 Å². The molecular formula is C40H64N18O7. The van der Waals surface area contributed by atoms with Crippen molar-refractivity contribution in [3.8, 4) is 12.3 Å². The highest BCUT2D eigenvalue weighted by Crippen LogP contribution is 2.25. The number of amides is 4. The second kappa shape index (κ2) is 24.3. The first-order chi connectivity index (χ1) is 31.2. The maximum atomic E-state index is 13.9. The summed E-state index contributed by atoms with van der Waals surface area (Å²) in [6, 6.07) is -2.78. The molecule has 5 rings (SSSR count). The van der Waals surface area contributed by atoms with Crippen molar-refractivity contribution in [1.29, 1.82) is 0 Å². The molecule has 2 aliphatic rings. The van der Waals surface area contributed by atoms with Gasteiger partial charge in [-0.25, -0.2) is 9.36 Å². The van der Waals surface area contributed by atoms with E-state index in [-0.39, 0.29) is 43.1 Å². The molecule has 4 atom stereocenters. The Kier molecular flexibility index (Phi) is 18.7. The number of anilines is 3. The van der Waals surface area contributed by atoms with E-state index in [1.807, 2.05) is 37.5 Å². The molecule has 9 N–H and O–H groups in total. The number of ether oxygens (including phenoxy) is 3. The van der Waals surface area contributed by atoms with Gasteiger partial charge >= 0.3 is 0 Å². The molecule has 0 bridgehead atoms. The molecule has 0 radical (unpaired) electrons. The number of terminal acetylenes is 1. The summed E-state index contributed by atoms with van der Waals surface area (Å²) in [6.07, 6.45) is 7.85. The lowest BCUT2D eigenvalue weighted by Gasteiger charge is -2.38. The minimum Gasteiger partial charge on any atom is -0.377 e. The molecular weight excluding hydrogens is 845 g/mol. The number of rotatable bonds is 25. The zero-order valence-corrected chi connectivity index (χ0v) is 37.7. The van der Waals surface area contributed by atoms with Crippen LogP contribution >= 0.6 is 0 Å². The highest BCUT2D eigenvalue weighted by molar-refractivity contribution is 5.87. The van der Waals surface area contributed by atoms with Crippen LogP contribution in [0.3, 0.4) is 0 Å². The van der Waals surface area contributed by atoms with Crippen LogP contribution in [0.1, 0.15) is 76.1 Å². The summed E-state index contributed by atoms with van der Waals surface area (Å²) in [4.78, 5) is 73.6. The number of hydrogen-bond donors (Lipinski definition) is 5. The summed E-state index contributed by atoms with van der Waals surface area (Å²) in [5, 5.41) is 19.8. The molecule has 25 heteroatoms. The number of nitrogens with two attached hydrogens (primary N) is 4. The minimum atomic E-state index is -0.991. The third kappa shape index (κ3) is 14.2. The summed E-state index contributed by atoms with van der Waals surface area (Å²) in [7, 11) is 0. The Bertz CT molecular complexity index is 1930. The first kappa shape index (κ1) is 49.9. The van der Waals surface area contributed by atoms with E-state index in [2.05, 4.69) is 31.9 Å². The number of carbonyl (C=O) groups is 4. The SMILES string of the molecule is C#CCOCCOCCOCCNc1nc(N2CCN(C(=O)[C@H](CC(N)=O)n3cc([C@@H](N)C(C)C)nn3)CC2)nc(N2CCN(C(=O)[C@H](CC(N)=O)n3cc([C@@H](N)C(C)C)nn3)CC2)n1. The van der Waals surface area contributed by atoms with E-state index in [0.717, 1.165) is 0 Å². The molecule has 2 aliphatic heterocycles. The highest BCUT2D eigenvalue weighted by atomic mass is 16.5. The summed E-state index contributed by atoms with van der Waals surface area (Å²) in [5.74, 6) is 1.66. The second-order valence-corrected chi connectivity index (χ2v) is 16.5. The topological polar surface area (TPSA) is 325 Å². The Morgan fingerprint density at radius 1 is 0.662 bits per heavy atom. The first-order valence-electron chi connectivity index (χ1n) is 21.8. The Morgan fingerprint density at radius 2 is 1.08 bits per heavy atom. The largest absolute Gasteiger partial charge is 0.377 e. The van der Waals surface area contributed by atoms with Gasteiger partial charge < -0.3 is 62.1 Å². The van der Waals surface area contributed by atoms with Gasteiger partial charge in [0, 0.05) is 58.9 Å². The number of nitrogens with one attached hydrogen (secondary N) is 1. The third-order valence-corrected chi connectivity index (χ3v) is 11.0. The van der Waals surface area contributed by atoms with Crippen LogP contribution in [0.4, 0.5) is 17.8 Å². The summed E-state index contributed by atoms with van der Waals surface area (Å²) in [6.45, 7) is 12.9. The quantitative estimate of drug-likeness (QED) is 0.0453. The molecule has 3 aromatic heterocycles. The van der Waals surface area contributed by atoms with Crippen molar-refractivity contribution in [2.75, 3.05) is 114 Å². The van der Waals surface area contributed by atoms with Crippen molar-refractivity contribution < 1.29 is 33.4 Å². The van der Waals surface area contributed by atoms with E-state index in [0.29, 0.717) is 121 Å². The van der Waals surface area contributed by atoms with E-state index >= 15 is 0 Å². The standard InChI is InChI=1S/C40H64N18O7/c1-6-16-63-18-20-65-21-19-64-17-7-45-38-46-39(55-12-8-53(9-13-55)36(61)30(22-32(41)59)57-24-28(49-51-57)34(43)26(2)3)48-40(47-38)56-14-10-54(11-15-56)37(62)31(23-33(42)60)58-25-29(50-52-58)35(44)27(4)5/h1,24-27,30-31,34-35H,7-23,43-44H2,2-5H3,(H2,41,59)(H2,42,60)(H,45,46,47,48)/t30-,31-,34-,35-/m0/s1. The van der Waals surface area contributed by atoms with Crippen LogP contribution in [-0.2, 0) is 33.4 Å². The predicted octanol–water partition coefficient (Wildman–Crippen LogP) is -2.01. The number of aromatic nitrogens is 9. The van der Waals surface area contributed by atoms with Gasteiger partial charge in [-0.2, -0.15) is 15.0 Å². The van der Waals surface area contributed by atoms with E-state index < -0.39 is 36.0 Å². The van der Waals surface area contributed by atoms with E-state index in [1.54, 1.807) is 22.2 Å². The maximum Gasteiger partial charge on any atom is 0.248 e. The Morgan fingerprint density at radius 3 is 1.48 bits per heavy atom. The maximum absolute atomic E-state index is 13.9. The summed E-state index contributed by atoms with van der Waals surface area (Å²) >= 11 is 0. The van der Waals surface area contributed by atoms with Crippen LogP contribution in [-0.4, -0.2) is 177 Å². The smallest absolute Gasteiger partial charge is 0.248 e.